The molecule has 1 fully saturated rings. The van der Waals surface area contributed by atoms with Crippen LogP contribution in [0.15, 0.2) is 0 Å². The molecule has 0 saturated carbocycles. The summed E-state index contributed by atoms with van der Waals surface area (Å²) in [6, 6.07) is 0. The summed E-state index contributed by atoms with van der Waals surface area (Å²) in [7, 11) is 0. The minimum absolute atomic E-state index is 0.313. The van der Waals surface area contributed by atoms with Crippen molar-refractivity contribution in [2.45, 2.75) is 38.2 Å². The third-order valence-corrected chi connectivity index (χ3v) is 2.44. The van der Waals surface area contributed by atoms with Crippen molar-refractivity contribution >= 4 is 0 Å². The van der Waals surface area contributed by atoms with Crippen LogP contribution in [0.3, 0.4) is 0 Å². The highest BCUT2D eigenvalue weighted by Crippen LogP contribution is 2.08. The van der Waals surface area contributed by atoms with Gasteiger partial charge in [-0.05, 0) is 45.2 Å². The summed E-state index contributed by atoms with van der Waals surface area (Å²) < 4.78 is 5.71. The van der Waals surface area contributed by atoms with Crippen LogP contribution in [-0.2, 0) is 4.74 Å². The molecule has 0 amide bonds. The minimum atomic E-state index is 0.313. The highest BCUT2D eigenvalue weighted by atomic mass is 16.5. The van der Waals surface area contributed by atoms with Crippen LogP contribution in [0.2, 0.25) is 0 Å². The Balaban J connectivity index is 1.86. The quantitative estimate of drug-likeness (QED) is 0.607. The fourth-order valence-electron chi connectivity index (χ4n) is 1.60. The molecule has 1 rings (SSSR count). The molecule has 0 unspecified atom stereocenters. The maximum absolute atomic E-state index is 8.57. The van der Waals surface area contributed by atoms with Crippen molar-refractivity contribution in [3.63, 3.8) is 0 Å². The Hall–Kier alpha value is -0.120. The van der Waals surface area contributed by atoms with E-state index in [-0.39, 0.29) is 0 Å². The van der Waals surface area contributed by atoms with Gasteiger partial charge in [0, 0.05) is 13.2 Å². The Morgan fingerprint density at radius 1 is 1.15 bits per heavy atom. The SMILES string of the molecule is OCCCCCOC1CCNCC1. The lowest BCUT2D eigenvalue weighted by atomic mass is 10.1. The second-order valence-corrected chi connectivity index (χ2v) is 3.60. The van der Waals surface area contributed by atoms with E-state index in [1.54, 1.807) is 0 Å². The molecular formula is C10H21NO2. The minimum Gasteiger partial charge on any atom is -0.396 e. The number of ether oxygens (including phenoxy) is 1. The van der Waals surface area contributed by atoms with Crippen LogP contribution in [0.25, 0.3) is 0 Å². The third kappa shape index (κ3) is 5.24. The molecule has 1 aliphatic rings. The average Bonchev–Trinajstić information content (AvgIpc) is 2.19. The maximum Gasteiger partial charge on any atom is 0.0599 e. The van der Waals surface area contributed by atoms with E-state index in [1.165, 1.54) is 0 Å². The van der Waals surface area contributed by atoms with Crippen molar-refractivity contribution in [3.8, 4) is 0 Å². The van der Waals surface area contributed by atoms with Crippen LogP contribution >= 0.6 is 0 Å². The van der Waals surface area contributed by atoms with Gasteiger partial charge in [0.15, 0.2) is 0 Å². The van der Waals surface area contributed by atoms with Crippen LogP contribution in [-0.4, -0.2) is 37.5 Å². The molecule has 1 heterocycles. The van der Waals surface area contributed by atoms with E-state index in [1.807, 2.05) is 0 Å². The second-order valence-electron chi connectivity index (χ2n) is 3.60. The van der Waals surface area contributed by atoms with E-state index in [2.05, 4.69) is 5.32 Å². The van der Waals surface area contributed by atoms with Crippen LogP contribution in [0, 0.1) is 0 Å². The zero-order valence-corrected chi connectivity index (χ0v) is 8.30. The Morgan fingerprint density at radius 2 is 1.92 bits per heavy atom. The number of hydrogen-bond donors (Lipinski definition) is 2. The molecule has 0 aromatic rings. The summed E-state index contributed by atoms with van der Waals surface area (Å²) in [6.07, 6.45) is 5.87. The molecule has 3 nitrogen and oxygen atoms in total. The van der Waals surface area contributed by atoms with Crippen LogP contribution in [0.5, 0.6) is 0 Å². The Kier molecular flexibility index (Phi) is 6.15. The zero-order valence-electron chi connectivity index (χ0n) is 8.30. The fourth-order valence-corrected chi connectivity index (χ4v) is 1.60. The van der Waals surface area contributed by atoms with Gasteiger partial charge in [-0.1, -0.05) is 0 Å². The van der Waals surface area contributed by atoms with Gasteiger partial charge in [-0.25, -0.2) is 0 Å². The standard InChI is InChI=1S/C10H21NO2/c12-8-2-1-3-9-13-10-4-6-11-7-5-10/h10-12H,1-9H2. The smallest absolute Gasteiger partial charge is 0.0599 e. The lowest BCUT2D eigenvalue weighted by Gasteiger charge is -2.22. The Bertz CT molecular complexity index is 113. The van der Waals surface area contributed by atoms with Crippen LogP contribution in [0.1, 0.15) is 32.1 Å². The highest BCUT2D eigenvalue weighted by Gasteiger charge is 2.12. The number of piperidine rings is 1. The summed E-state index contributed by atoms with van der Waals surface area (Å²) in [6.45, 7) is 3.38. The first-order valence-electron chi connectivity index (χ1n) is 5.36. The summed E-state index contributed by atoms with van der Waals surface area (Å²) in [5, 5.41) is 11.9. The molecule has 0 radical (unpaired) electrons. The molecule has 0 atom stereocenters. The number of rotatable bonds is 6. The molecule has 0 aromatic carbocycles. The molecule has 0 spiro atoms. The summed E-state index contributed by atoms with van der Waals surface area (Å²) in [5.74, 6) is 0. The molecular weight excluding hydrogens is 166 g/mol. The average molecular weight is 187 g/mol. The first-order valence-corrected chi connectivity index (χ1v) is 5.36. The Labute approximate surface area is 80.5 Å². The second kappa shape index (κ2) is 7.30. The Morgan fingerprint density at radius 3 is 2.62 bits per heavy atom. The summed E-state index contributed by atoms with van der Waals surface area (Å²) in [4.78, 5) is 0. The molecule has 13 heavy (non-hydrogen) atoms. The molecule has 78 valence electrons. The lowest BCUT2D eigenvalue weighted by molar-refractivity contribution is 0.0304. The van der Waals surface area contributed by atoms with E-state index >= 15 is 0 Å². The van der Waals surface area contributed by atoms with Crippen molar-refractivity contribution < 1.29 is 9.84 Å². The highest BCUT2D eigenvalue weighted by molar-refractivity contribution is 4.67. The normalized spacial score (nSPS) is 19.2. The van der Waals surface area contributed by atoms with E-state index in [0.717, 1.165) is 51.8 Å². The number of aliphatic hydroxyl groups excluding tert-OH is 1. The van der Waals surface area contributed by atoms with E-state index in [9.17, 15) is 0 Å². The van der Waals surface area contributed by atoms with E-state index < -0.39 is 0 Å². The maximum atomic E-state index is 8.57. The van der Waals surface area contributed by atoms with Crippen molar-refractivity contribution in [3.05, 3.63) is 0 Å². The number of unbranched alkanes of at least 4 members (excludes halogenated alkanes) is 2. The topological polar surface area (TPSA) is 41.5 Å². The van der Waals surface area contributed by atoms with Gasteiger partial charge in [-0.2, -0.15) is 0 Å². The lowest BCUT2D eigenvalue weighted by Crippen LogP contribution is -2.32. The van der Waals surface area contributed by atoms with Gasteiger partial charge in [0.2, 0.25) is 0 Å². The first-order chi connectivity index (χ1) is 6.43. The van der Waals surface area contributed by atoms with Crippen molar-refractivity contribution in [2.75, 3.05) is 26.3 Å². The van der Waals surface area contributed by atoms with Gasteiger partial charge in [0.1, 0.15) is 0 Å². The molecule has 2 N–H and O–H groups in total. The third-order valence-electron chi connectivity index (χ3n) is 2.44. The molecule has 0 aliphatic carbocycles. The number of aliphatic hydroxyl groups is 1. The zero-order chi connectivity index (χ0) is 9.36. The van der Waals surface area contributed by atoms with Gasteiger partial charge in [-0.15, -0.1) is 0 Å². The largest absolute Gasteiger partial charge is 0.396 e. The predicted octanol–water partition coefficient (Wildman–Crippen LogP) is 0.918. The molecule has 3 heteroatoms. The fraction of sp³-hybridized carbons (Fsp3) is 1.00. The van der Waals surface area contributed by atoms with Crippen molar-refractivity contribution in [2.24, 2.45) is 0 Å². The molecule has 0 bridgehead atoms. The summed E-state index contributed by atoms with van der Waals surface area (Å²) in [5.41, 5.74) is 0. The molecule has 1 saturated heterocycles. The number of hydrogen-bond acceptors (Lipinski definition) is 3. The van der Waals surface area contributed by atoms with Gasteiger partial charge >= 0.3 is 0 Å². The van der Waals surface area contributed by atoms with E-state index in [0.29, 0.717) is 12.7 Å². The van der Waals surface area contributed by atoms with E-state index in [4.69, 9.17) is 9.84 Å². The summed E-state index contributed by atoms with van der Waals surface area (Å²) >= 11 is 0. The predicted molar refractivity (Wildman–Crippen MR) is 52.8 cm³/mol. The first kappa shape index (κ1) is 11.0. The van der Waals surface area contributed by atoms with Crippen molar-refractivity contribution in [1.82, 2.24) is 5.32 Å². The van der Waals surface area contributed by atoms with Gasteiger partial charge < -0.3 is 15.2 Å². The monoisotopic (exact) mass is 187 g/mol. The van der Waals surface area contributed by atoms with Crippen LogP contribution in [0.4, 0.5) is 0 Å². The van der Waals surface area contributed by atoms with Gasteiger partial charge in [0.25, 0.3) is 0 Å². The molecule has 1 aliphatic heterocycles. The van der Waals surface area contributed by atoms with Crippen molar-refractivity contribution in [1.29, 1.82) is 0 Å². The van der Waals surface area contributed by atoms with Gasteiger partial charge in [-0.3, -0.25) is 0 Å². The van der Waals surface area contributed by atoms with Gasteiger partial charge in [0.05, 0.1) is 6.10 Å². The molecule has 0 aromatic heterocycles. The van der Waals surface area contributed by atoms with Crippen LogP contribution < -0.4 is 5.32 Å². The number of nitrogens with one attached hydrogen (secondary N) is 1.